The van der Waals surface area contributed by atoms with Gasteiger partial charge >= 0.3 is 12.2 Å². The number of thioether (sulfide) groups is 1. The highest BCUT2D eigenvalue weighted by atomic mass is 35.5. The van der Waals surface area contributed by atoms with Crippen molar-refractivity contribution in [2.45, 2.75) is 23.6 Å². The molecular weight excluding hydrogens is 562 g/mol. The van der Waals surface area contributed by atoms with Crippen LogP contribution in [0.4, 0.5) is 23.7 Å². The van der Waals surface area contributed by atoms with Gasteiger partial charge in [0, 0.05) is 10.8 Å². The zero-order valence-corrected chi connectivity index (χ0v) is 22.0. The van der Waals surface area contributed by atoms with Gasteiger partial charge in [-0.05, 0) is 48.0 Å². The van der Waals surface area contributed by atoms with Gasteiger partial charge in [-0.3, -0.25) is 4.57 Å². The van der Waals surface area contributed by atoms with Gasteiger partial charge in [0.05, 0.1) is 35.6 Å². The van der Waals surface area contributed by atoms with Crippen molar-refractivity contribution in [1.82, 2.24) is 20.1 Å². The van der Waals surface area contributed by atoms with Crippen LogP contribution in [0.15, 0.2) is 71.9 Å². The number of benzene rings is 3. The van der Waals surface area contributed by atoms with Crippen LogP contribution in [0.5, 0.6) is 5.75 Å². The van der Waals surface area contributed by atoms with E-state index in [0.29, 0.717) is 38.2 Å². The number of amides is 2. The summed E-state index contributed by atoms with van der Waals surface area (Å²) in [7, 11) is 1.58. The second-order valence-electron chi connectivity index (χ2n) is 7.82. The number of methoxy groups -OCH3 is 1. The van der Waals surface area contributed by atoms with E-state index in [0.717, 1.165) is 11.6 Å². The Morgan fingerprint density at radius 2 is 1.84 bits per heavy atom. The summed E-state index contributed by atoms with van der Waals surface area (Å²) in [6, 6.07) is 16.3. The normalized spacial score (nSPS) is 11.3. The average Bonchev–Trinajstić information content (AvgIpc) is 3.30. The summed E-state index contributed by atoms with van der Waals surface area (Å²) in [6.07, 6.45) is -4.62. The maximum absolute atomic E-state index is 13.3. The van der Waals surface area contributed by atoms with Crippen molar-refractivity contribution in [3.05, 3.63) is 93.7 Å². The van der Waals surface area contributed by atoms with Gasteiger partial charge in [0.25, 0.3) is 0 Å². The molecule has 0 saturated carbocycles. The molecule has 38 heavy (non-hydrogen) atoms. The molecule has 0 atom stereocenters. The number of nitrogens with one attached hydrogen (secondary N) is 2. The first-order valence-corrected chi connectivity index (χ1v) is 12.8. The van der Waals surface area contributed by atoms with Gasteiger partial charge < -0.3 is 15.4 Å². The predicted octanol–water partition coefficient (Wildman–Crippen LogP) is 7.22. The van der Waals surface area contributed by atoms with Crippen molar-refractivity contribution >= 4 is 46.7 Å². The highest BCUT2D eigenvalue weighted by molar-refractivity contribution is 7.98. The van der Waals surface area contributed by atoms with Crippen LogP contribution in [0.25, 0.3) is 5.69 Å². The molecule has 1 aromatic heterocycles. The number of anilines is 1. The fourth-order valence-electron chi connectivity index (χ4n) is 3.48. The Hall–Kier alpha value is -3.41. The van der Waals surface area contributed by atoms with E-state index in [9.17, 15) is 18.0 Å². The van der Waals surface area contributed by atoms with Crippen molar-refractivity contribution in [1.29, 1.82) is 0 Å². The molecule has 198 valence electrons. The molecule has 0 aliphatic carbocycles. The molecule has 2 N–H and O–H groups in total. The number of para-hydroxylation sites is 1. The van der Waals surface area contributed by atoms with Crippen molar-refractivity contribution in [3.63, 3.8) is 0 Å². The van der Waals surface area contributed by atoms with Gasteiger partial charge in [-0.1, -0.05) is 59.2 Å². The van der Waals surface area contributed by atoms with Crippen molar-refractivity contribution in [3.8, 4) is 11.4 Å². The van der Waals surface area contributed by atoms with Crippen molar-refractivity contribution < 1.29 is 22.7 Å². The fourth-order valence-corrected chi connectivity index (χ4v) is 4.76. The number of carbonyl (C=O) groups excluding carboxylic acids is 1. The average molecular weight is 582 g/mol. The lowest BCUT2D eigenvalue weighted by atomic mass is 10.1. The topological polar surface area (TPSA) is 81.1 Å². The van der Waals surface area contributed by atoms with Gasteiger partial charge in [0.2, 0.25) is 0 Å². The summed E-state index contributed by atoms with van der Waals surface area (Å²) in [6.45, 7) is -0.157. The first-order valence-electron chi connectivity index (χ1n) is 11.0. The molecular formula is C25H20Cl2F3N5O2S. The molecule has 0 aliphatic heterocycles. The van der Waals surface area contributed by atoms with Crippen molar-refractivity contribution in [2.24, 2.45) is 0 Å². The quantitative estimate of drug-likeness (QED) is 0.215. The third-order valence-electron chi connectivity index (χ3n) is 5.24. The molecule has 0 spiro atoms. The molecule has 7 nitrogen and oxygen atoms in total. The highest BCUT2D eigenvalue weighted by Crippen LogP contribution is 2.35. The van der Waals surface area contributed by atoms with Gasteiger partial charge in [-0.15, -0.1) is 10.2 Å². The summed E-state index contributed by atoms with van der Waals surface area (Å²) in [5.74, 6) is 1.53. The van der Waals surface area contributed by atoms with Gasteiger partial charge in [-0.25, -0.2) is 4.79 Å². The van der Waals surface area contributed by atoms with Crippen LogP contribution in [0.2, 0.25) is 10.0 Å². The van der Waals surface area contributed by atoms with E-state index < -0.39 is 17.8 Å². The number of hydrogen-bond donors (Lipinski definition) is 2. The molecule has 0 saturated heterocycles. The van der Waals surface area contributed by atoms with Gasteiger partial charge in [0.15, 0.2) is 11.0 Å². The van der Waals surface area contributed by atoms with E-state index in [4.69, 9.17) is 27.9 Å². The van der Waals surface area contributed by atoms with Crippen LogP contribution in [0, 0.1) is 0 Å². The van der Waals surface area contributed by atoms with E-state index in [1.165, 1.54) is 30.0 Å². The maximum atomic E-state index is 13.3. The van der Waals surface area contributed by atoms with E-state index in [1.54, 1.807) is 29.9 Å². The Morgan fingerprint density at radius 3 is 2.61 bits per heavy atom. The Labute approximate surface area is 230 Å². The monoisotopic (exact) mass is 581 g/mol. The second-order valence-corrected chi connectivity index (χ2v) is 9.61. The second kappa shape index (κ2) is 12.0. The zero-order valence-electron chi connectivity index (χ0n) is 19.7. The minimum absolute atomic E-state index is 0.157. The number of hydrogen-bond acceptors (Lipinski definition) is 5. The lowest BCUT2D eigenvalue weighted by Gasteiger charge is -2.15. The summed E-state index contributed by atoms with van der Waals surface area (Å²) in [5, 5.41) is 14.5. The maximum Gasteiger partial charge on any atom is 0.418 e. The smallest absolute Gasteiger partial charge is 0.418 e. The highest BCUT2D eigenvalue weighted by Gasteiger charge is 2.33. The number of alkyl halides is 3. The molecule has 0 fully saturated rings. The summed E-state index contributed by atoms with van der Waals surface area (Å²) in [5.41, 5.74) is 0.132. The molecule has 13 heteroatoms. The van der Waals surface area contributed by atoms with E-state index >= 15 is 0 Å². The van der Waals surface area contributed by atoms with Crippen LogP contribution in [0.3, 0.4) is 0 Å². The molecule has 4 aromatic rings. The summed E-state index contributed by atoms with van der Waals surface area (Å²) >= 11 is 14.0. The summed E-state index contributed by atoms with van der Waals surface area (Å²) in [4.78, 5) is 12.5. The Bertz CT molecular complexity index is 1450. The third-order valence-corrected chi connectivity index (χ3v) is 6.79. The van der Waals surface area contributed by atoms with Crippen LogP contribution in [-0.4, -0.2) is 27.9 Å². The number of halogens is 5. The van der Waals surface area contributed by atoms with E-state index in [-0.39, 0.29) is 12.2 Å². The molecule has 0 unspecified atom stereocenters. The van der Waals surface area contributed by atoms with Crippen LogP contribution >= 0.6 is 35.0 Å². The van der Waals surface area contributed by atoms with E-state index in [2.05, 4.69) is 20.8 Å². The van der Waals surface area contributed by atoms with Crippen LogP contribution in [-0.2, 0) is 18.5 Å². The van der Waals surface area contributed by atoms with E-state index in [1.807, 2.05) is 24.3 Å². The standard InChI is InChI=1S/C25H20Cl2F3N5O2S/c1-37-17-6-4-5-15(11-17)14-38-24-34-33-22(35(24)21-12-16(26)9-10-19(21)27)13-31-23(36)32-20-8-3-2-7-18(20)25(28,29)30/h2-12H,13-14H2,1H3,(H2,31,32,36). The Morgan fingerprint density at radius 1 is 1.05 bits per heavy atom. The minimum Gasteiger partial charge on any atom is -0.497 e. The van der Waals surface area contributed by atoms with Crippen LogP contribution < -0.4 is 15.4 Å². The van der Waals surface area contributed by atoms with Crippen LogP contribution in [0.1, 0.15) is 17.0 Å². The van der Waals surface area contributed by atoms with Gasteiger partial charge in [-0.2, -0.15) is 13.2 Å². The van der Waals surface area contributed by atoms with Gasteiger partial charge in [0.1, 0.15) is 5.75 Å². The molecule has 3 aromatic carbocycles. The molecule has 0 aliphatic rings. The molecule has 2 amide bonds. The predicted molar refractivity (Wildman–Crippen MR) is 141 cm³/mol. The first-order chi connectivity index (χ1) is 18.2. The molecule has 0 bridgehead atoms. The number of ether oxygens (including phenoxy) is 1. The lowest BCUT2D eigenvalue weighted by Crippen LogP contribution is -2.30. The largest absolute Gasteiger partial charge is 0.497 e. The number of urea groups is 1. The Balaban J connectivity index is 1.56. The SMILES string of the molecule is COc1cccc(CSc2nnc(CNC(=O)Nc3ccccc3C(F)(F)F)n2-c2cc(Cl)ccc2Cl)c1. The zero-order chi connectivity index (χ0) is 27.3. The number of nitrogens with zero attached hydrogens (tertiary/aromatic N) is 3. The molecule has 0 radical (unpaired) electrons. The number of aromatic nitrogens is 3. The minimum atomic E-state index is -4.62. The Kier molecular flexibility index (Phi) is 8.70. The summed E-state index contributed by atoms with van der Waals surface area (Å²) < 4.78 is 46.7. The molecule has 1 heterocycles. The fraction of sp³-hybridized carbons (Fsp3) is 0.160. The lowest BCUT2D eigenvalue weighted by molar-refractivity contribution is -0.136. The number of rotatable bonds is 8. The molecule has 4 rings (SSSR count). The number of carbonyl (C=O) groups is 1. The first kappa shape index (κ1) is 27.6. The third kappa shape index (κ3) is 6.72. The van der Waals surface area contributed by atoms with Crippen molar-refractivity contribution in [2.75, 3.05) is 12.4 Å².